The molecule has 4 aliphatic rings. The number of carbonyl (C=O) groups excluding carboxylic acids is 1. The normalized spacial score (nSPS) is 57.4. The van der Waals surface area contributed by atoms with Crippen LogP contribution >= 0.6 is 0 Å². The summed E-state index contributed by atoms with van der Waals surface area (Å²) in [7, 11) is 0. The van der Waals surface area contributed by atoms with Gasteiger partial charge >= 0.3 is 0 Å². The van der Waals surface area contributed by atoms with E-state index in [1.54, 1.807) is 0 Å². The van der Waals surface area contributed by atoms with Crippen molar-refractivity contribution < 1.29 is 15.0 Å². The summed E-state index contributed by atoms with van der Waals surface area (Å²) in [6, 6.07) is 0. The molecule has 1 spiro atoms. The Morgan fingerprint density at radius 1 is 1.00 bits per heavy atom. The number of hydrogen-bond donors (Lipinski definition) is 2. The van der Waals surface area contributed by atoms with Crippen LogP contribution in [0.3, 0.4) is 0 Å². The van der Waals surface area contributed by atoms with Crippen LogP contribution in [0.2, 0.25) is 0 Å². The minimum atomic E-state index is -0.769. The van der Waals surface area contributed by atoms with Gasteiger partial charge in [0.25, 0.3) is 0 Å². The summed E-state index contributed by atoms with van der Waals surface area (Å²) in [5.74, 6) is 0.688. The van der Waals surface area contributed by atoms with Gasteiger partial charge in [-0.05, 0) is 69.1 Å². The molecule has 0 amide bonds. The predicted molar refractivity (Wildman–Crippen MR) is 88.7 cm³/mol. The number of fused-ring (bicyclic) bond motifs is 3. The SMILES string of the molecule is CC1(C)CCC[C@]2(C=O)[C@@H]1CC[C@]13C[C@](C)(O)[C@H](CC[C@@H]21)[C@H]3O. The van der Waals surface area contributed by atoms with Crippen molar-refractivity contribution in [2.45, 2.75) is 83.8 Å². The van der Waals surface area contributed by atoms with Crippen LogP contribution in [-0.4, -0.2) is 28.2 Å². The van der Waals surface area contributed by atoms with Gasteiger partial charge in [0.15, 0.2) is 0 Å². The lowest BCUT2D eigenvalue weighted by Crippen LogP contribution is -2.61. The smallest absolute Gasteiger partial charge is 0.126 e. The molecule has 7 atom stereocenters. The van der Waals surface area contributed by atoms with E-state index < -0.39 is 11.7 Å². The van der Waals surface area contributed by atoms with E-state index in [1.165, 1.54) is 12.7 Å². The fourth-order valence-electron chi connectivity index (χ4n) is 7.93. The summed E-state index contributed by atoms with van der Waals surface area (Å²) in [4.78, 5) is 12.5. The van der Waals surface area contributed by atoms with Crippen LogP contribution in [-0.2, 0) is 4.79 Å². The van der Waals surface area contributed by atoms with Gasteiger partial charge in [-0.1, -0.05) is 20.3 Å². The van der Waals surface area contributed by atoms with Crippen molar-refractivity contribution in [3.8, 4) is 0 Å². The summed E-state index contributed by atoms with van der Waals surface area (Å²) < 4.78 is 0. The van der Waals surface area contributed by atoms with Crippen molar-refractivity contribution in [2.75, 3.05) is 0 Å². The summed E-state index contributed by atoms with van der Waals surface area (Å²) in [5.41, 5.74) is -1.05. The summed E-state index contributed by atoms with van der Waals surface area (Å²) in [6.07, 6.45) is 8.71. The Labute approximate surface area is 139 Å². The highest BCUT2D eigenvalue weighted by Gasteiger charge is 2.71. The molecule has 0 aromatic carbocycles. The third kappa shape index (κ3) is 1.81. The summed E-state index contributed by atoms with van der Waals surface area (Å²) in [5, 5.41) is 22.0. The van der Waals surface area contributed by atoms with Gasteiger partial charge in [-0.3, -0.25) is 0 Å². The Kier molecular flexibility index (Phi) is 3.22. The van der Waals surface area contributed by atoms with Crippen LogP contribution in [0.25, 0.3) is 0 Å². The van der Waals surface area contributed by atoms with Gasteiger partial charge in [0.2, 0.25) is 0 Å². The number of aliphatic hydroxyl groups excluding tert-OH is 1. The van der Waals surface area contributed by atoms with E-state index in [1.807, 2.05) is 6.92 Å². The van der Waals surface area contributed by atoms with E-state index in [0.717, 1.165) is 38.5 Å². The standard InChI is InChI=1S/C20H32O3/c1-17(2)8-4-9-20(12-21)14(17)7-10-19-11-18(3,23)13(16(19)22)5-6-15(19)20/h12-16,22-23H,4-11H2,1-3H3/t13-,14-,15-,16-,18+,19+,20+/m1/s1. The lowest BCUT2D eigenvalue weighted by atomic mass is 9.40. The number of hydrogen-bond acceptors (Lipinski definition) is 3. The highest BCUT2D eigenvalue weighted by Crippen LogP contribution is 2.72. The fraction of sp³-hybridized carbons (Fsp3) is 0.950. The quantitative estimate of drug-likeness (QED) is 0.729. The van der Waals surface area contributed by atoms with Gasteiger partial charge in [0.05, 0.1) is 11.7 Å². The zero-order valence-corrected chi connectivity index (χ0v) is 14.8. The van der Waals surface area contributed by atoms with Crippen molar-refractivity contribution in [1.82, 2.24) is 0 Å². The first kappa shape index (κ1) is 16.1. The van der Waals surface area contributed by atoms with Gasteiger partial charge in [0.1, 0.15) is 6.29 Å². The van der Waals surface area contributed by atoms with Crippen LogP contribution in [0, 0.1) is 34.0 Å². The maximum atomic E-state index is 12.5. The Bertz CT molecular complexity index is 525. The molecule has 4 rings (SSSR count). The molecule has 0 saturated heterocycles. The van der Waals surface area contributed by atoms with Gasteiger partial charge in [-0.15, -0.1) is 0 Å². The largest absolute Gasteiger partial charge is 0.392 e. The molecule has 0 aromatic rings. The van der Waals surface area contributed by atoms with E-state index in [0.29, 0.717) is 12.3 Å². The van der Waals surface area contributed by atoms with Crippen molar-refractivity contribution in [3.63, 3.8) is 0 Å². The molecule has 0 aliphatic heterocycles. The second-order valence-corrected chi connectivity index (χ2v) is 10.1. The second-order valence-electron chi connectivity index (χ2n) is 10.1. The van der Waals surface area contributed by atoms with E-state index in [4.69, 9.17) is 0 Å². The van der Waals surface area contributed by atoms with E-state index >= 15 is 0 Å². The zero-order valence-electron chi connectivity index (χ0n) is 14.8. The second kappa shape index (κ2) is 4.60. The van der Waals surface area contributed by atoms with Crippen LogP contribution in [0.4, 0.5) is 0 Å². The molecule has 130 valence electrons. The molecule has 0 radical (unpaired) electrons. The maximum absolute atomic E-state index is 12.5. The predicted octanol–water partition coefficient (Wildman–Crippen LogP) is 3.32. The average molecular weight is 320 g/mol. The first-order chi connectivity index (χ1) is 10.7. The molecule has 0 aromatic heterocycles. The zero-order chi connectivity index (χ0) is 16.7. The van der Waals surface area contributed by atoms with Crippen molar-refractivity contribution in [1.29, 1.82) is 0 Å². The van der Waals surface area contributed by atoms with E-state index in [9.17, 15) is 15.0 Å². The minimum absolute atomic E-state index is 0.00407. The lowest BCUT2D eigenvalue weighted by Gasteiger charge is -2.63. The molecule has 4 fully saturated rings. The Morgan fingerprint density at radius 3 is 2.43 bits per heavy atom. The van der Waals surface area contributed by atoms with E-state index in [-0.39, 0.29) is 28.1 Å². The number of aliphatic hydroxyl groups is 2. The molecule has 3 nitrogen and oxygen atoms in total. The third-order valence-electron chi connectivity index (χ3n) is 8.71. The molecule has 23 heavy (non-hydrogen) atoms. The lowest BCUT2D eigenvalue weighted by molar-refractivity contribution is -0.186. The van der Waals surface area contributed by atoms with Crippen LogP contribution in [0.1, 0.15) is 72.1 Å². The fourth-order valence-corrected chi connectivity index (χ4v) is 7.93. The molecular formula is C20H32O3. The highest BCUT2D eigenvalue weighted by molar-refractivity contribution is 5.62. The van der Waals surface area contributed by atoms with E-state index in [2.05, 4.69) is 13.8 Å². The topological polar surface area (TPSA) is 57.5 Å². The highest BCUT2D eigenvalue weighted by atomic mass is 16.3. The summed E-state index contributed by atoms with van der Waals surface area (Å²) in [6.45, 7) is 6.57. The van der Waals surface area contributed by atoms with Gasteiger partial charge in [-0.2, -0.15) is 0 Å². The average Bonchev–Trinajstić information content (AvgIpc) is 2.58. The van der Waals surface area contributed by atoms with Gasteiger partial charge in [-0.25, -0.2) is 0 Å². The third-order valence-corrected chi connectivity index (χ3v) is 8.71. The van der Waals surface area contributed by atoms with Crippen molar-refractivity contribution in [3.05, 3.63) is 0 Å². The van der Waals surface area contributed by atoms with Crippen molar-refractivity contribution in [2.24, 2.45) is 34.0 Å². The number of carbonyl (C=O) groups is 1. The molecule has 2 N–H and O–H groups in total. The Morgan fingerprint density at radius 2 is 1.74 bits per heavy atom. The first-order valence-corrected chi connectivity index (χ1v) is 9.56. The minimum Gasteiger partial charge on any atom is -0.392 e. The number of aldehydes is 1. The molecule has 2 bridgehead atoms. The maximum Gasteiger partial charge on any atom is 0.126 e. The first-order valence-electron chi connectivity index (χ1n) is 9.56. The van der Waals surface area contributed by atoms with Crippen LogP contribution in [0.15, 0.2) is 0 Å². The molecule has 0 heterocycles. The Hall–Kier alpha value is -0.410. The van der Waals surface area contributed by atoms with Crippen molar-refractivity contribution >= 4 is 6.29 Å². The van der Waals surface area contributed by atoms with Gasteiger partial charge in [0, 0.05) is 16.7 Å². The molecule has 4 aliphatic carbocycles. The monoisotopic (exact) mass is 320 g/mol. The molecule has 0 unspecified atom stereocenters. The van der Waals surface area contributed by atoms with Gasteiger partial charge < -0.3 is 15.0 Å². The van der Waals surface area contributed by atoms with Crippen LogP contribution < -0.4 is 0 Å². The molecular weight excluding hydrogens is 288 g/mol. The Balaban J connectivity index is 1.81. The number of rotatable bonds is 1. The summed E-state index contributed by atoms with van der Waals surface area (Å²) >= 11 is 0. The molecule has 4 saturated carbocycles. The molecule has 3 heteroatoms. The van der Waals surface area contributed by atoms with Crippen LogP contribution in [0.5, 0.6) is 0 Å².